The highest BCUT2D eigenvalue weighted by Crippen LogP contribution is 2.23. The van der Waals surface area contributed by atoms with Crippen molar-refractivity contribution in [1.82, 2.24) is 0 Å². The van der Waals surface area contributed by atoms with Crippen molar-refractivity contribution in [2.45, 2.75) is 26.2 Å². The Bertz CT molecular complexity index is 965. The second-order valence-electron chi connectivity index (χ2n) is 8.64. The third kappa shape index (κ3) is 3.47. The molecule has 29 heavy (non-hydrogen) atoms. The summed E-state index contributed by atoms with van der Waals surface area (Å²) < 4.78 is 0. The highest BCUT2D eigenvalue weighted by molar-refractivity contribution is 7.20. The summed E-state index contributed by atoms with van der Waals surface area (Å²) in [6.07, 6.45) is 0. The monoisotopic (exact) mass is 392 g/mol. The van der Waals surface area contributed by atoms with Crippen molar-refractivity contribution in [2.24, 2.45) is 0 Å². The summed E-state index contributed by atoms with van der Waals surface area (Å²) in [6, 6.07) is 42.5. The number of rotatable bonds is 4. The summed E-state index contributed by atoms with van der Waals surface area (Å²) in [4.78, 5) is 0. The molecule has 0 saturated carbocycles. The number of hydrogen-bond donors (Lipinski definition) is 0. The predicted octanol–water partition coefficient (Wildman–Crippen LogP) is 4.36. The molecule has 0 aliphatic rings. The minimum absolute atomic E-state index is 0.0627. The Morgan fingerprint density at radius 2 is 0.793 bits per heavy atom. The lowest BCUT2D eigenvalue weighted by atomic mass is 9.87. The molecule has 0 radical (unpaired) electrons. The zero-order valence-corrected chi connectivity index (χ0v) is 18.5. The van der Waals surface area contributed by atoms with Gasteiger partial charge in [0.05, 0.1) is 0 Å². The van der Waals surface area contributed by atoms with Crippen molar-refractivity contribution in [3.63, 3.8) is 0 Å². The van der Waals surface area contributed by atoms with E-state index in [4.69, 9.17) is 0 Å². The van der Waals surface area contributed by atoms with E-state index in [-0.39, 0.29) is 5.41 Å². The molecule has 1 heteroatoms. The van der Waals surface area contributed by atoms with Crippen LogP contribution in [0.2, 0.25) is 0 Å². The molecule has 0 atom stereocenters. The first-order valence-corrected chi connectivity index (χ1v) is 12.3. The molecule has 0 N–H and O–H groups in total. The normalized spacial score (nSPS) is 12.0. The van der Waals surface area contributed by atoms with E-state index in [1.54, 1.807) is 0 Å². The van der Waals surface area contributed by atoms with Crippen LogP contribution in [-0.2, 0) is 5.41 Å². The Kier molecular flexibility index (Phi) is 5.25. The molecule has 4 aromatic carbocycles. The second kappa shape index (κ2) is 7.85. The van der Waals surface area contributed by atoms with Gasteiger partial charge in [0.2, 0.25) is 0 Å². The summed E-state index contributed by atoms with van der Waals surface area (Å²) in [6.45, 7) is 6.98. The Labute approximate surface area is 175 Å². The van der Waals surface area contributed by atoms with Gasteiger partial charge in [-0.2, -0.15) is 0 Å². The second-order valence-corrected chi connectivity index (χ2v) is 12.4. The molecule has 4 aromatic rings. The zero-order chi connectivity index (χ0) is 20.3. The Hall–Kier alpha value is -2.90. The van der Waals surface area contributed by atoms with Gasteiger partial charge in [0.15, 0.2) is 8.07 Å². The molecule has 0 nitrogen and oxygen atoms in total. The Balaban J connectivity index is 2.20. The van der Waals surface area contributed by atoms with Crippen molar-refractivity contribution in [3.05, 3.63) is 121 Å². The Morgan fingerprint density at radius 3 is 1.17 bits per heavy atom. The molecule has 0 fully saturated rings. The van der Waals surface area contributed by atoms with Crippen LogP contribution in [-0.4, -0.2) is 8.07 Å². The molecule has 0 aliphatic carbocycles. The van der Waals surface area contributed by atoms with Gasteiger partial charge >= 0.3 is 0 Å². The van der Waals surface area contributed by atoms with Crippen molar-refractivity contribution < 1.29 is 0 Å². The molecule has 0 aromatic heterocycles. The topological polar surface area (TPSA) is 0 Å². The van der Waals surface area contributed by atoms with E-state index in [2.05, 4.69) is 136 Å². The number of hydrogen-bond acceptors (Lipinski definition) is 0. The van der Waals surface area contributed by atoms with Gasteiger partial charge in [0.1, 0.15) is 0 Å². The van der Waals surface area contributed by atoms with Crippen LogP contribution in [0.5, 0.6) is 0 Å². The molecule has 0 bridgehead atoms. The fraction of sp³-hybridized carbons (Fsp3) is 0.143. The lowest BCUT2D eigenvalue weighted by Crippen LogP contribution is -2.75. The molecule has 0 saturated heterocycles. The first-order valence-electron chi connectivity index (χ1n) is 10.3. The smallest absolute Gasteiger partial charge is 0.0623 e. The maximum absolute atomic E-state index is 2.45. The lowest BCUT2D eigenvalue weighted by Gasteiger charge is -2.38. The van der Waals surface area contributed by atoms with E-state index in [1.807, 2.05) is 0 Å². The van der Waals surface area contributed by atoms with Crippen LogP contribution in [0.15, 0.2) is 115 Å². The standard InChI is InChI=1S/C28H28Si/c1-28(2,3)26-21-13-14-22-27(26)29(23-15-7-4-8-16-23,24-17-9-5-10-18-24)25-19-11-6-12-20-25/h4-22H,1-3H3. The summed E-state index contributed by atoms with van der Waals surface area (Å²) in [7, 11) is -2.45. The van der Waals surface area contributed by atoms with Crippen molar-refractivity contribution in [2.75, 3.05) is 0 Å². The van der Waals surface area contributed by atoms with Gasteiger partial charge in [-0.1, -0.05) is 136 Å². The molecule has 0 spiro atoms. The van der Waals surface area contributed by atoms with Gasteiger partial charge < -0.3 is 0 Å². The number of benzene rings is 4. The van der Waals surface area contributed by atoms with Crippen LogP contribution in [0.25, 0.3) is 0 Å². The van der Waals surface area contributed by atoms with E-state index >= 15 is 0 Å². The minimum Gasteiger partial charge on any atom is -0.0623 e. The van der Waals surface area contributed by atoms with Gasteiger partial charge in [0, 0.05) is 0 Å². The van der Waals surface area contributed by atoms with E-state index in [9.17, 15) is 0 Å². The van der Waals surface area contributed by atoms with E-state index in [0.717, 1.165) is 0 Å². The van der Waals surface area contributed by atoms with Crippen LogP contribution in [0.4, 0.5) is 0 Å². The minimum atomic E-state index is -2.45. The van der Waals surface area contributed by atoms with Crippen LogP contribution in [0.1, 0.15) is 26.3 Å². The van der Waals surface area contributed by atoms with Crippen LogP contribution in [0, 0.1) is 0 Å². The molecular formula is C28H28Si. The average molecular weight is 393 g/mol. The van der Waals surface area contributed by atoms with Gasteiger partial charge in [-0.3, -0.25) is 0 Å². The van der Waals surface area contributed by atoms with Crippen molar-refractivity contribution >= 4 is 28.8 Å². The zero-order valence-electron chi connectivity index (χ0n) is 17.5. The summed E-state index contributed by atoms with van der Waals surface area (Å²) in [5.74, 6) is 0. The molecule has 4 rings (SSSR count). The third-order valence-corrected chi connectivity index (χ3v) is 10.6. The van der Waals surface area contributed by atoms with E-state index < -0.39 is 8.07 Å². The summed E-state index contributed by atoms with van der Waals surface area (Å²) >= 11 is 0. The third-order valence-electron chi connectivity index (χ3n) is 5.76. The largest absolute Gasteiger partial charge is 0.179 e. The van der Waals surface area contributed by atoms with Crippen LogP contribution < -0.4 is 20.7 Å². The molecule has 0 heterocycles. The van der Waals surface area contributed by atoms with Gasteiger partial charge in [-0.15, -0.1) is 0 Å². The lowest BCUT2D eigenvalue weighted by molar-refractivity contribution is 0.594. The van der Waals surface area contributed by atoms with Gasteiger partial charge in [-0.05, 0) is 31.7 Å². The SMILES string of the molecule is CC(C)(C)c1ccccc1[Si](c1ccccc1)(c1ccccc1)c1ccccc1. The molecule has 0 amide bonds. The summed E-state index contributed by atoms with van der Waals surface area (Å²) in [5.41, 5.74) is 1.50. The maximum Gasteiger partial charge on any atom is 0.179 e. The van der Waals surface area contributed by atoms with Crippen LogP contribution >= 0.6 is 0 Å². The molecule has 0 unspecified atom stereocenters. The quantitative estimate of drug-likeness (QED) is 0.358. The van der Waals surface area contributed by atoms with Gasteiger partial charge in [0.25, 0.3) is 0 Å². The fourth-order valence-electron chi connectivity index (χ4n) is 4.50. The van der Waals surface area contributed by atoms with E-state index in [1.165, 1.54) is 26.3 Å². The average Bonchev–Trinajstić information content (AvgIpc) is 2.76. The first-order chi connectivity index (χ1) is 14.0. The van der Waals surface area contributed by atoms with Gasteiger partial charge in [-0.25, -0.2) is 0 Å². The molecular weight excluding hydrogens is 364 g/mol. The highest BCUT2D eigenvalue weighted by Gasteiger charge is 2.43. The van der Waals surface area contributed by atoms with Crippen LogP contribution in [0.3, 0.4) is 0 Å². The first kappa shape index (κ1) is 19.4. The van der Waals surface area contributed by atoms with E-state index in [0.29, 0.717) is 0 Å². The van der Waals surface area contributed by atoms with Crippen molar-refractivity contribution in [3.8, 4) is 0 Å². The Morgan fingerprint density at radius 1 is 0.448 bits per heavy atom. The summed E-state index contributed by atoms with van der Waals surface area (Å²) in [5, 5.41) is 5.76. The highest BCUT2D eigenvalue weighted by atomic mass is 28.3. The van der Waals surface area contributed by atoms with Crippen molar-refractivity contribution in [1.29, 1.82) is 0 Å². The maximum atomic E-state index is 2.37. The predicted molar refractivity (Wildman–Crippen MR) is 129 cm³/mol. The molecule has 0 aliphatic heterocycles. The fourth-order valence-corrected chi connectivity index (χ4v) is 9.71. The molecule has 144 valence electrons.